The molecule has 3 nitrogen and oxygen atoms in total. The fourth-order valence-corrected chi connectivity index (χ4v) is 2.71. The minimum absolute atomic E-state index is 0.0641. The van der Waals surface area contributed by atoms with Crippen LogP contribution < -0.4 is 0 Å². The van der Waals surface area contributed by atoms with E-state index in [1.54, 1.807) is 0 Å². The van der Waals surface area contributed by atoms with E-state index in [-0.39, 0.29) is 18.6 Å². The molecule has 1 aliphatic carbocycles. The van der Waals surface area contributed by atoms with Crippen LogP contribution in [0.4, 0.5) is 0 Å². The standard InChI is InChI=1S/C14H27NO2/c1-12(2)15(9-10-16)14(17)11-13-7-5-3-4-6-8-13/h12-13,16H,3-11H2,1-2H3. The first-order valence-corrected chi connectivity index (χ1v) is 7.05. The smallest absolute Gasteiger partial charge is 0.223 e. The van der Waals surface area contributed by atoms with Crippen LogP contribution >= 0.6 is 0 Å². The Balaban J connectivity index is 2.44. The maximum absolute atomic E-state index is 12.2. The molecule has 1 fully saturated rings. The summed E-state index contributed by atoms with van der Waals surface area (Å²) in [6, 6.07) is 0.195. The maximum Gasteiger partial charge on any atom is 0.223 e. The topological polar surface area (TPSA) is 40.5 Å². The number of hydrogen-bond acceptors (Lipinski definition) is 2. The molecule has 100 valence electrons. The Labute approximate surface area is 105 Å². The molecule has 0 atom stereocenters. The van der Waals surface area contributed by atoms with Gasteiger partial charge in [0.15, 0.2) is 0 Å². The van der Waals surface area contributed by atoms with Gasteiger partial charge < -0.3 is 10.0 Å². The van der Waals surface area contributed by atoms with Gasteiger partial charge in [-0.05, 0) is 32.6 Å². The minimum Gasteiger partial charge on any atom is -0.395 e. The van der Waals surface area contributed by atoms with Crippen LogP contribution in [0.2, 0.25) is 0 Å². The molecule has 0 bridgehead atoms. The van der Waals surface area contributed by atoms with Gasteiger partial charge in [0.1, 0.15) is 0 Å². The minimum atomic E-state index is 0.0641. The molecule has 0 aromatic heterocycles. The zero-order valence-electron chi connectivity index (χ0n) is 11.3. The van der Waals surface area contributed by atoms with Crippen LogP contribution in [0.25, 0.3) is 0 Å². The predicted octanol–water partition coefficient (Wildman–Crippen LogP) is 2.58. The highest BCUT2D eigenvalue weighted by Gasteiger charge is 2.21. The highest BCUT2D eigenvalue weighted by Crippen LogP contribution is 2.26. The maximum atomic E-state index is 12.2. The van der Waals surface area contributed by atoms with Gasteiger partial charge in [0.05, 0.1) is 6.61 Å². The molecule has 0 spiro atoms. The van der Waals surface area contributed by atoms with Gasteiger partial charge >= 0.3 is 0 Å². The Morgan fingerprint density at radius 3 is 2.29 bits per heavy atom. The largest absolute Gasteiger partial charge is 0.395 e. The SMILES string of the molecule is CC(C)N(CCO)C(=O)CC1CCCCCC1. The second-order valence-corrected chi connectivity index (χ2v) is 5.47. The summed E-state index contributed by atoms with van der Waals surface area (Å²) in [5.41, 5.74) is 0. The van der Waals surface area contributed by atoms with Crippen molar-refractivity contribution in [1.82, 2.24) is 4.90 Å². The predicted molar refractivity (Wildman–Crippen MR) is 69.7 cm³/mol. The number of carbonyl (C=O) groups is 1. The fraction of sp³-hybridized carbons (Fsp3) is 0.929. The number of amides is 1. The summed E-state index contributed by atoms with van der Waals surface area (Å²) in [7, 11) is 0. The van der Waals surface area contributed by atoms with Gasteiger partial charge in [-0.2, -0.15) is 0 Å². The average molecular weight is 241 g/mol. The van der Waals surface area contributed by atoms with Gasteiger partial charge in [0, 0.05) is 19.0 Å². The number of aliphatic hydroxyl groups excluding tert-OH is 1. The van der Waals surface area contributed by atoms with E-state index in [0.29, 0.717) is 18.9 Å². The van der Waals surface area contributed by atoms with E-state index in [9.17, 15) is 4.79 Å². The second kappa shape index (κ2) is 7.70. The van der Waals surface area contributed by atoms with Gasteiger partial charge in [-0.15, -0.1) is 0 Å². The van der Waals surface area contributed by atoms with Crippen LogP contribution in [0.1, 0.15) is 58.8 Å². The van der Waals surface area contributed by atoms with E-state index in [4.69, 9.17) is 5.11 Å². The molecule has 0 unspecified atom stereocenters. The lowest BCUT2D eigenvalue weighted by molar-refractivity contribution is -0.134. The van der Waals surface area contributed by atoms with Crippen LogP contribution in [-0.4, -0.2) is 35.1 Å². The molecule has 1 amide bonds. The summed E-state index contributed by atoms with van der Waals surface area (Å²) in [6.45, 7) is 4.57. The van der Waals surface area contributed by atoms with Crippen LogP contribution in [0, 0.1) is 5.92 Å². The Morgan fingerprint density at radius 2 is 1.82 bits per heavy atom. The Bertz CT molecular complexity index is 220. The quantitative estimate of drug-likeness (QED) is 0.752. The number of carbonyl (C=O) groups excluding carboxylic acids is 1. The van der Waals surface area contributed by atoms with Crippen molar-refractivity contribution < 1.29 is 9.90 Å². The Hall–Kier alpha value is -0.570. The van der Waals surface area contributed by atoms with Gasteiger partial charge in [-0.3, -0.25) is 4.79 Å². The lowest BCUT2D eigenvalue weighted by atomic mass is 9.96. The van der Waals surface area contributed by atoms with Crippen molar-refractivity contribution in [2.75, 3.05) is 13.2 Å². The van der Waals surface area contributed by atoms with E-state index >= 15 is 0 Å². The van der Waals surface area contributed by atoms with Crippen LogP contribution in [0.15, 0.2) is 0 Å². The van der Waals surface area contributed by atoms with Crippen molar-refractivity contribution in [2.45, 2.75) is 64.8 Å². The number of nitrogens with zero attached hydrogens (tertiary/aromatic N) is 1. The second-order valence-electron chi connectivity index (χ2n) is 5.47. The lowest BCUT2D eigenvalue weighted by Crippen LogP contribution is -2.39. The summed E-state index contributed by atoms with van der Waals surface area (Å²) >= 11 is 0. The van der Waals surface area contributed by atoms with Crippen molar-refractivity contribution in [3.63, 3.8) is 0 Å². The summed E-state index contributed by atoms with van der Waals surface area (Å²) in [5.74, 6) is 0.797. The zero-order chi connectivity index (χ0) is 12.7. The molecule has 1 N–H and O–H groups in total. The van der Waals surface area contributed by atoms with Crippen molar-refractivity contribution in [3.05, 3.63) is 0 Å². The zero-order valence-corrected chi connectivity index (χ0v) is 11.3. The summed E-state index contributed by atoms with van der Waals surface area (Å²) in [4.78, 5) is 14.0. The fourth-order valence-electron chi connectivity index (χ4n) is 2.71. The highest BCUT2D eigenvalue weighted by molar-refractivity contribution is 5.76. The van der Waals surface area contributed by atoms with E-state index in [0.717, 1.165) is 0 Å². The third-order valence-electron chi connectivity index (χ3n) is 3.72. The summed E-state index contributed by atoms with van der Waals surface area (Å²) in [6.07, 6.45) is 8.30. The van der Waals surface area contributed by atoms with Gasteiger partial charge in [-0.25, -0.2) is 0 Å². The third-order valence-corrected chi connectivity index (χ3v) is 3.72. The molecule has 1 aliphatic rings. The van der Waals surface area contributed by atoms with Gasteiger partial charge in [0.2, 0.25) is 5.91 Å². The molecule has 0 saturated heterocycles. The first-order valence-electron chi connectivity index (χ1n) is 7.05. The molecule has 17 heavy (non-hydrogen) atoms. The van der Waals surface area contributed by atoms with Crippen molar-refractivity contribution in [1.29, 1.82) is 0 Å². The van der Waals surface area contributed by atoms with Crippen molar-refractivity contribution >= 4 is 5.91 Å². The molecule has 1 rings (SSSR count). The lowest BCUT2D eigenvalue weighted by Gasteiger charge is -2.27. The van der Waals surface area contributed by atoms with E-state index in [2.05, 4.69) is 0 Å². The molecule has 0 aromatic carbocycles. The van der Waals surface area contributed by atoms with E-state index < -0.39 is 0 Å². The molecule has 3 heteroatoms. The van der Waals surface area contributed by atoms with Crippen LogP contribution in [0.3, 0.4) is 0 Å². The average Bonchev–Trinajstić information content (AvgIpc) is 2.53. The normalized spacial score (nSPS) is 18.1. The van der Waals surface area contributed by atoms with E-state index in [1.165, 1.54) is 38.5 Å². The first-order chi connectivity index (χ1) is 8.15. The molecule has 0 radical (unpaired) electrons. The number of rotatable bonds is 5. The Kier molecular flexibility index (Phi) is 6.56. The number of aliphatic hydroxyl groups is 1. The molecule has 0 aromatic rings. The van der Waals surface area contributed by atoms with Gasteiger partial charge in [0.25, 0.3) is 0 Å². The van der Waals surface area contributed by atoms with E-state index in [1.807, 2.05) is 18.7 Å². The number of hydrogen-bond donors (Lipinski definition) is 1. The van der Waals surface area contributed by atoms with Gasteiger partial charge in [-0.1, -0.05) is 25.7 Å². The molecule has 1 saturated carbocycles. The molecular weight excluding hydrogens is 214 g/mol. The monoisotopic (exact) mass is 241 g/mol. The first kappa shape index (κ1) is 14.5. The third kappa shape index (κ3) is 5.07. The molecule has 0 heterocycles. The Morgan fingerprint density at radius 1 is 1.24 bits per heavy atom. The van der Waals surface area contributed by atoms with Crippen LogP contribution in [0.5, 0.6) is 0 Å². The molecule has 0 aliphatic heterocycles. The van der Waals surface area contributed by atoms with Crippen molar-refractivity contribution in [2.24, 2.45) is 5.92 Å². The highest BCUT2D eigenvalue weighted by atomic mass is 16.3. The van der Waals surface area contributed by atoms with Crippen LogP contribution in [-0.2, 0) is 4.79 Å². The summed E-state index contributed by atoms with van der Waals surface area (Å²) in [5, 5.41) is 8.99. The summed E-state index contributed by atoms with van der Waals surface area (Å²) < 4.78 is 0. The molecular formula is C14H27NO2. The van der Waals surface area contributed by atoms with Crippen molar-refractivity contribution in [3.8, 4) is 0 Å².